The molecule has 4 aromatic carbocycles. The molecule has 0 atom stereocenters. The Balaban J connectivity index is 0.930. The minimum absolute atomic E-state index is 0.0378. The molecule has 0 aliphatic rings. The lowest BCUT2D eigenvalue weighted by Gasteiger charge is -2.14. The van der Waals surface area contributed by atoms with Crippen molar-refractivity contribution in [3.8, 4) is 34.0 Å². The zero-order chi connectivity index (χ0) is 43.4. The molecule has 5 aromatic heterocycles. The van der Waals surface area contributed by atoms with E-state index >= 15 is 0 Å². The number of aromatic nitrogens is 8. The van der Waals surface area contributed by atoms with Crippen LogP contribution in [-0.2, 0) is 33.3 Å². The summed E-state index contributed by atoms with van der Waals surface area (Å²) < 4.78 is 77.6. The van der Waals surface area contributed by atoms with E-state index in [9.17, 15) is 21.6 Å². The third kappa shape index (κ3) is 9.11. The predicted octanol–water partition coefficient (Wildman–Crippen LogP) is 6.17. The van der Waals surface area contributed by atoms with Gasteiger partial charge in [-0.05, 0) is 78.4 Å². The topological polar surface area (TPSA) is 228 Å². The molecule has 0 aliphatic carbocycles. The van der Waals surface area contributed by atoms with Crippen LogP contribution in [-0.4, -0.2) is 56.8 Å². The molecule has 18 nitrogen and oxygen atoms in total. The number of pyridine rings is 2. The van der Waals surface area contributed by atoms with E-state index in [1.807, 2.05) is 30.3 Å². The van der Waals surface area contributed by atoms with E-state index in [0.717, 1.165) is 5.56 Å². The first-order valence-electron chi connectivity index (χ1n) is 18.9. The minimum atomic E-state index is -3.88. The second-order valence-electron chi connectivity index (χ2n) is 13.7. The standard InChI is InChI=1S/C43H32N10O8S2/c54-42-24-37(29-8-2-1-3-9-29)43-38(60-28-31-26-53(51-47-31)33-14-18-36(19-15-33)63(57,58)49-41-11-5-7-21-45-41)22-34(23-39(43)61-42)59-27-30-25-52(50-46-30)32-12-16-35(17-13-32)62(55,56)48-40-10-4-6-20-44-40/h1-26H,27-28H2,(H,44,48)(H,45,49). The second kappa shape index (κ2) is 17.0. The van der Waals surface area contributed by atoms with E-state index in [0.29, 0.717) is 45.2 Å². The van der Waals surface area contributed by atoms with Crippen LogP contribution in [0, 0.1) is 0 Å². The molecule has 0 radical (unpaired) electrons. The van der Waals surface area contributed by atoms with Gasteiger partial charge in [0.2, 0.25) is 0 Å². The van der Waals surface area contributed by atoms with Gasteiger partial charge < -0.3 is 13.9 Å². The molecular weight excluding hydrogens is 849 g/mol. The highest BCUT2D eigenvalue weighted by Crippen LogP contribution is 2.38. The van der Waals surface area contributed by atoms with E-state index in [1.165, 1.54) is 52.1 Å². The molecule has 20 heteroatoms. The minimum Gasteiger partial charge on any atom is -0.487 e. The van der Waals surface area contributed by atoms with Gasteiger partial charge in [-0.25, -0.2) is 41.0 Å². The highest BCUT2D eigenvalue weighted by Gasteiger charge is 2.19. The van der Waals surface area contributed by atoms with Gasteiger partial charge >= 0.3 is 5.63 Å². The molecule has 9 rings (SSSR count). The summed E-state index contributed by atoms with van der Waals surface area (Å²) >= 11 is 0. The summed E-state index contributed by atoms with van der Waals surface area (Å²) in [6, 6.07) is 36.0. The number of rotatable bonds is 15. The normalized spacial score (nSPS) is 11.6. The molecule has 0 saturated heterocycles. The van der Waals surface area contributed by atoms with Crippen molar-refractivity contribution in [2.24, 2.45) is 0 Å². The Morgan fingerprint density at radius 1 is 0.587 bits per heavy atom. The molecule has 0 amide bonds. The van der Waals surface area contributed by atoms with Gasteiger partial charge in [-0.3, -0.25) is 9.44 Å². The molecule has 0 bridgehead atoms. The summed E-state index contributed by atoms with van der Waals surface area (Å²) in [5.74, 6) is 1.02. The molecule has 2 N–H and O–H groups in total. The maximum Gasteiger partial charge on any atom is 0.336 e. The van der Waals surface area contributed by atoms with Gasteiger partial charge in [0.15, 0.2) is 0 Å². The Bertz CT molecular complexity index is 3330. The molecule has 0 fully saturated rings. The van der Waals surface area contributed by atoms with Crippen LogP contribution in [0.2, 0.25) is 0 Å². The van der Waals surface area contributed by atoms with Crippen LogP contribution < -0.4 is 24.5 Å². The molecule has 63 heavy (non-hydrogen) atoms. The Hall–Kier alpha value is -8.23. The fourth-order valence-electron chi connectivity index (χ4n) is 6.37. The lowest BCUT2D eigenvalue weighted by molar-refractivity contribution is 0.287. The lowest BCUT2D eigenvalue weighted by atomic mass is 10.0. The fourth-order valence-corrected chi connectivity index (χ4v) is 8.38. The Labute approximate surface area is 358 Å². The van der Waals surface area contributed by atoms with Crippen molar-refractivity contribution in [2.45, 2.75) is 23.0 Å². The van der Waals surface area contributed by atoms with E-state index in [2.05, 4.69) is 40.0 Å². The number of nitrogens with one attached hydrogen (secondary N) is 2. The molecule has 0 spiro atoms. The summed E-state index contributed by atoms with van der Waals surface area (Å²) in [4.78, 5) is 21.0. The largest absolute Gasteiger partial charge is 0.487 e. The van der Waals surface area contributed by atoms with Crippen LogP contribution in [0.25, 0.3) is 33.5 Å². The SMILES string of the molecule is O=c1cc(-c2ccccc2)c2c(OCc3cn(-c4ccc(S(=O)(=O)Nc5ccccn5)cc4)nn3)cc(OCc3cn(-c4ccc(S(=O)(=O)Nc5ccccn5)cc4)nn3)cc2o1. The number of nitrogens with zero attached hydrogens (tertiary/aromatic N) is 8. The number of fused-ring (bicyclic) bond motifs is 1. The average molecular weight is 881 g/mol. The van der Waals surface area contributed by atoms with Crippen molar-refractivity contribution in [3.63, 3.8) is 0 Å². The smallest absolute Gasteiger partial charge is 0.336 e. The zero-order valence-corrected chi connectivity index (χ0v) is 34.2. The summed E-state index contributed by atoms with van der Waals surface area (Å²) in [5, 5.41) is 17.4. The monoisotopic (exact) mass is 880 g/mol. The molecular formula is C43H32N10O8S2. The van der Waals surface area contributed by atoms with Gasteiger partial charge in [0, 0.05) is 36.2 Å². The van der Waals surface area contributed by atoms with E-state index in [-0.39, 0.29) is 40.2 Å². The van der Waals surface area contributed by atoms with Crippen molar-refractivity contribution in [2.75, 3.05) is 9.44 Å². The van der Waals surface area contributed by atoms with Crippen molar-refractivity contribution in [1.29, 1.82) is 0 Å². The van der Waals surface area contributed by atoms with E-state index in [4.69, 9.17) is 13.9 Å². The first-order valence-corrected chi connectivity index (χ1v) is 21.9. The van der Waals surface area contributed by atoms with Crippen LogP contribution in [0.3, 0.4) is 0 Å². The van der Waals surface area contributed by atoms with Gasteiger partial charge in [0.1, 0.15) is 53.3 Å². The third-order valence-corrected chi connectivity index (χ3v) is 12.1. The summed E-state index contributed by atoms with van der Waals surface area (Å²) in [5.41, 5.74) is 2.95. The number of anilines is 2. The van der Waals surface area contributed by atoms with Crippen LogP contribution in [0.5, 0.6) is 11.5 Å². The van der Waals surface area contributed by atoms with E-state index < -0.39 is 25.7 Å². The van der Waals surface area contributed by atoms with Gasteiger partial charge in [0.05, 0.1) is 38.9 Å². The number of hydrogen-bond acceptors (Lipinski definition) is 14. The van der Waals surface area contributed by atoms with Crippen molar-refractivity contribution in [3.05, 3.63) is 180 Å². The van der Waals surface area contributed by atoms with Gasteiger partial charge in [0.25, 0.3) is 20.0 Å². The number of benzene rings is 4. The third-order valence-electron chi connectivity index (χ3n) is 9.34. The Kier molecular flexibility index (Phi) is 10.9. The van der Waals surface area contributed by atoms with Gasteiger partial charge in [-0.15, -0.1) is 10.2 Å². The molecule has 5 heterocycles. The quantitative estimate of drug-likeness (QED) is 0.110. The average Bonchev–Trinajstić information content (AvgIpc) is 3.99. The van der Waals surface area contributed by atoms with Gasteiger partial charge in [-0.1, -0.05) is 52.9 Å². The summed E-state index contributed by atoms with van der Waals surface area (Å²) in [7, 11) is -7.76. The highest BCUT2D eigenvalue weighted by atomic mass is 32.2. The van der Waals surface area contributed by atoms with Crippen LogP contribution in [0.15, 0.2) is 177 Å². The molecule has 0 unspecified atom stereocenters. The van der Waals surface area contributed by atoms with E-state index in [1.54, 1.807) is 85.2 Å². The van der Waals surface area contributed by atoms with Crippen LogP contribution >= 0.6 is 0 Å². The summed E-state index contributed by atoms with van der Waals surface area (Å²) in [6.45, 7) is -0.0956. The molecule has 9 aromatic rings. The molecule has 314 valence electrons. The molecule has 0 aliphatic heterocycles. The second-order valence-corrected chi connectivity index (χ2v) is 17.0. The highest BCUT2D eigenvalue weighted by molar-refractivity contribution is 7.93. The Morgan fingerprint density at radius 2 is 1.11 bits per heavy atom. The zero-order valence-electron chi connectivity index (χ0n) is 32.6. The van der Waals surface area contributed by atoms with Crippen LogP contribution in [0.4, 0.5) is 11.6 Å². The first-order chi connectivity index (χ1) is 30.6. The predicted molar refractivity (Wildman–Crippen MR) is 229 cm³/mol. The van der Waals surface area contributed by atoms with Gasteiger partial charge in [-0.2, -0.15) is 0 Å². The number of ether oxygens (including phenoxy) is 2. The summed E-state index contributed by atoms with van der Waals surface area (Å²) in [6.07, 6.45) is 6.26. The number of sulfonamides is 2. The maximum atomic E-state index is 12.9. The lowest BCUT2D eigenvalue weighted by Crippen LogP contribution is -2.13. The fraction of sp³-hybridized carbons (Fsp3) is 0.0465. The molecule has 0 saturated carbocycles. The van der Waals surface area contributed by atoms with Crippen molar-refractivity contribution in [1.82, 2.24) is 40.0 Å². The van der Waals surface area contributed by atoms with Crippen molar-refractivity contribution >= 4 is 42.7 Å². The maximum absolute atomic E-state index is 12.9. The number of hydrogen-bond donors (Lipinski definition) is 2. The van der Waals surface area contributed by atoms with Crippen LogP contribution in [0.1, 0.15) is 11.4 Å². The van der Waals surface area contributed by atoms with Crippen molar-refractivity contribution < 1.29 is 30.7 Å². The first kappa shape index (κ1) is 40.2. The Morgan fingerprint density at radius 3 is 1.63 bits per heavy atom.